The summed E-state index contributed by atoms with van der Waals surface area (Å²) in [5, 5.41) is 0. The molecule has 0 heterocycles. The molecule has 0 fully saturated rings. The number of hydrogen-bond donors (Lipinski definition) is 0. The molecule has 3 heteroatoms. The van der Waals surface area contributed by atoms with Crippen LogP contribution < -0.4 is 0 Å². The van der Waals surface area contributed by atoms with Gasteiger partial charge in [-0.2, -0.15) is 0 Å². The molecule has 1 atom stereocenters. The second-order valence-electron chi connectivity index (χ2n) is 4.51. The molecule has 1 unspecified atom stereocenters. The molecule has 1 rings (SSSR count). The van der Waals surface area contributed by atoms with Gasteiger partial charge in [0, 0.05) is 12.5 Å². The van der Waals surface area contributed by atoms with E-state index in [1.807, 2.05) is 14.0 Å². The molecule has 0 aromatic heterocycles. The fourth-order valence-corrected chi connectivity index (χ4v) is 1.95. The lowest BCUT2D eigenvalue weighted by Crippen LogP contribution is -2.29. The van der Waals surface area contributed by atoms with Gasteiger partial charge in [-0.15, -0.1) is 0 Å². The van der Waals surface area contributed by atoms with Gasteiger partial charge in [0.2, 0.25) is 0 Å². The minimum atomic E-state index is -0.428. The van der Waals surface area contributed by atoms with Crippen LogP contribution in [0, 0.1) is 11.7 Å². The Bertz CT molecular complexity index is 378. The van der Waals surface area contributed by atoms with Crippen LogP contribution in [0.3, 0.4) is 0 Å². The summed E-state index contributed by atoms with van der Waals surface area (Å²) in [5.41, 5.74) is 0.199. The molecule has 0 saturated heterocycles. The van der Waals surface area contributed by atoms with Gasteiger partial charge in [0.1, 0.15) is 5.82 Å². The van der Waals surface area contributed by atoms with E-state index in [0.717, 1.165) is 13.0 Å². The number of benzene rings is 1. The second-order valence-corrected chi connectivity index (χ2v) is 4.51. The van der Waals surface area contributed by atoms with Gasteiger partial charge in [-0.25, -0.2) is 4.39 Å². The van der Waals surface area contributed by atoms with Crippen LogP contribution in [0.5, 0.6) is 0 Å². The lowest BCUT2D eigenvalue weighted by atomic mass is 9.98. The van der Waals surface area contributed by atoms with E-state index in [4.69, 9.17) is 0 Å². The van der Waals surface area contributed by atoms with E-state index in [-0.39, 0.29) is 17.3 Å². The van der Waals surface area contributed by atoms with E-state index in [9.17, 15) is 9.18 Å². The van der Waals surface area contributed by atoms with Gasteiger partial charge in [0.25, 0.3) is 0 Å². The van der Waals surface area contributed by atoms with Gasteiger partial charge in [-0.05, 0) is 32.1 Å². The van der Waals surface area contributed by atoms with Crippen molar-refractivity contribution in [1.82, 2.24) is 4.90 Å². The average Bonchev–Trinajstić information content (AvgIpc) is 2.29. The molecule has 0 aliphatic rings. The lowest BCUT2D eigenvalue weighted by Gasteiger charge is -2.19. The maximum Gasteiger partial charge on any atom is 0.169 e. The summed E-state index contributed by atoms with van der Waals surface area (Å²) >= 11 is 0. The first-order valence-corrected chi connectivity index (χ1v) is 6.03. The minimum Gasteiger partial charge on any atom is -0.306 e. The van der Waals surface area contributed by atoms with Crippen LogP contribution in [-0.2, 0) is 0 Å². The number of ketones is 1. The number of carbonyl (C=O) groups is 1. The summed E-state index contributed by atoms with van der Waals surface area (Å²) < 4.78 is 13.5. The summed E-state index contributed by atoms with van der Waals surface area (Å²) in [6.07, 6.45) is 1.05. The van der Waals surface area contributed by atoms with Crippen molar-refractivity contribution in [3.63, 3.8) is 0 Å². The summed E-state index contributed by atoms with van der Waals surface area (Å²) in [6.45, 7) is 5.57. The van der Waals surface area contributed by atoms with Crippen LogP contribution in [0.15, 0.2) is 24.3 Å². The molecule has 0 aliphatic carbocycles. The molecule has 0 amide bonds. The lowest BCUT2D eigenvalue weighted by molar-refractivity contribution is 0.0899. The van der Waals surface area contributed by atoms with Crippen LogP contribution in [0.1, 0.15) is 30.6 Å². The van der Waals surface area contributed by atoms with Crippen LogP contribution in [0.4, 0.5) is 4.39 Å². The summed E-state index contributed by atoms with van der Waals surface area (Å²) in [6, 6.07) is 6.17. The second kappa shape index (κ2) is 6.50. The third-order valence-electron chi connectivity index (χ3n) is 2.78. The Balaban J connectivity index is 2.67. The standard InChI is InChI=1S/C14H20FNO/c1-4-9-16(3)10-11(2)14(17)12-7-5-6-8-13(12)15/h5-8,11H,4,9-10H2,1-3H3. The van der Waals surface area contributed by atoms with E-state index in [1.165, 1.54) is 6.07 Å². The highest BCUT2D eigenvalue weighted by atomic mass is 19.1. The number of halogens is 1. The van der Waals surface area contributed by atoms with E-state index in [2.05, 4.69) is 11.8 Å². The van der Waals surface area contributed by atoms with Crippen molar-refractivity contribution in [2.75, 3.05) is 20.1 Å². The molecule has 0 aliphatic heterocycles. The van der Waals surface area contributed by atoms with Crippen molar-refractivity contribution < 1.29 is 9.18 Å². The average molecular weight is 237 g/mol. The molecular weight excluding hydrogens is 217 g/mol. The van der Waals surface area contributed by atoms with Crippen molar-refractivity contribution >= 4 is 5.78 Å². The Morgan fingerprint density at radius 2 is 2.06 bits per heavy atom. The fourth-order valence-electron chi connectivity index (χ4n) is 1.95. The highest BCUT2D eigenvalue weighted by Gasteiger charge is 2.19. The Hall–Kier alpha value is -1.22. The Morgan fingerprint density at radius 1 is 1.41 bits per heavy atom. The first-order chi connectivity index (χ1) is 8.06. The van der Waals surface area contributed by atoms with Crippen molar-refractivity contribution in [2.24, 2.45) is 5.92 Å². The molecule has 0 saturated carbocycles. The van der Waals surface area contributed by atoms with Crippen molar-refractivity contribution in [1.29, 1.82) is 0 Å². The number of hydrogen-bond acceptors (Lipinski definition) is 2. The van der Waals surface area contributed by atoms with E-state index in [1.54, 1.807) is 18.2 Å². The Kier molecular flexibility index (Phi) is 5.29. The maximum atomic E-state index is 13.5. The van der Waals surface area contributed by atoms with Gasteiger partial charge < -0.3 is 4.90 Å². The van der Waals surface area contributed by atoms with Gasteiger partial charge in [0.15, 0.2) is 5.78 Å². The highest BCUT2D eigenvalue weighted by Crippen LogP contribution is 2.13. The number of nitrogens with zero attached hydrogens (tertiary/aromatic N) is 1. The highest BCUT2D eigenvalue weighted by molar-refractivity contribution is 5.98. The van der Waals surface area contributed by atoms with Crippen molar-refractivity contribution in [3.8, 4) is 0 Å². The topological polar surface area (TPSA) is 20.3 Å². The third kappa shape index (κ3) is 3.93. The minimum absolute atomic E-state index is 0.119. The van der Waals surface area contributed by atoms with Crippen LogP contribution in [-0.4, -0.2) is 30.8 Å². The molecule has 0 N–H and O–H groups in total. The zero-order valence-electron chi connectivity index (χ0n) is 10.7. The predicted octanol–water partition coefficient (Wildman–Crippen LogP) is 2.99. The van der Waals surface area contributed by atoms with Crippen LogP contribution in [0.2, 0.25) is 0 Å². The van der Waals surface area contributed by atoms with Crippen molar-refractivity contribution in [2.45, 2.75) is 20.3 Å². The smallest absolute Gasteiger partial charge is 0.169 e. The normalized spacial score (nSPS) is 12.8. The molecule has 1 aromatic rings. The van der Waals surface area contributed by atoms with Gasteiger partial charge in [-0.3, -0.25) is 4.79 Å². The van der Waals surface area contributed by atoms with Gasteiger partial charge >= 0.3 is 0 Å². The first-order valence-electron chi connectivity index (χ1n) is 6.03. The number of Topliss-reactive ketones (excluding diaryl/α,β-unsaturated/α-hetero) is 1. The summed E-state index contributed by atoms with van der Waals surface area (Å²) in [7, 11) is 1.98. The maximum absolute atomic E-state index is 13.5. The molecule has 0 spiro atoms. The number of rotatable bonds is 6. The largest absolute Gasteiger partial charge is 0.306 e. The van der Waals surface area contributed by atoms with E-state index in [0.29, 0.717) is 6.54 Å². The summed E-state index contributed by atoms with van der Waals surface area (Å²) in [5.74, 6) is -0.725. The third-order valence-corrected chi connectivity index (χ3v) is 2.78. The molecule has 0 bridgehead atoms. The number of carbonyl (C=O) groups excluding carboxylic acids is 1. The zero-order valence-corrected chi connectivity index (χ0v) is 10.7. The zero-order chi connectivity index (χ0) is 12.8. The van der Waals surface area contributed by atoms with Crippen LogP contribution >= 0.6 is 0 Å². The molecule has 94 valence electrons. The molecular formula is C14H20FNO. The Labute approximate surface area is 102 Å². The predicted molar refractivity (Wildman–Crippen MR) is 67.7 cm³/mol. The first kappa shape index (κ1) is 13.8. The monoisotopic (exact) mass is 237 g/mol. The van der Waals surface area contributed by atoms with Crippen molar-refractivity contribution in [3.05, 3.63) is 35.6 Å². The van der Waals surface area contributed by atoms with Crippen LogP contribution in [0.25, 0.3) is 0 Å². The SMILES string of the molecule is CCCN(C)CC(C)C(=O)c1ccccc1F. The molecule has 2 nitrogen and oxygen atoms in total. The summed E-state index contributed by atoms with van der Waals surface area (Å²) in [4.78, 5) is 14.1. The van der Waals surface area contributed by atoms with E-state index >= 15 is 0 Å². The Morgan fingerprint density at radius 3 is 2.65 bits per heavy atom. The quantitative estimate of drug-likeness (QED) is 0.709. The van der Waals surface area contributed by atoms with Gasteiger partial charge in [-0.1, -0.05) is 26.0 Å². The van der Waals surface area contributed by atoms with Gasteiger partial charge in [0.05, 0.1) is 5.56 Å². The molecule has 17 heavy (non-hydrogen) atoms. The fraction of sp³-hybridized carbons (Fsp3) is 0.500. The molecule has 0 radical (unpaired) electrons. The van der Waals surface area contributed by atoms with E-state index < -0.39 is 5.82 Å². The molecule has 1 aromatic carbocycles.